The van der Waals surface area contributed by atoms with Gasteiger partial charge in [-0.1, -0.05) is 17.7 Å². The molecule has 0 spiro atoms. The van der Waals surface area contributed by atoms with Gasteiger partial charge in [0.2, 0.25) is 0 Å². The molecule has 1 aliphatic rings. The van der Waals surface area contributed by atoms with E-state index in [1.54, 1.807) is 19.1 Å². The third-order valence-corrected chi connectivity index (χ3v) is 5.66. The second-order valence-corrected chi connectivity index (χ2v) is 7.60. The summed E-state index contributed by atoms with van der Waals surface area (Å²) in [5.74, 6) is -0.555. The lowest BCUT2D eigenvalue weighted by Gasteiger charge is -2.19. The van der Waals surface area contributed by atoms with E-state index in [0.29, 0.717) is 11.4 Å². The number of hydrogen-bond donors (Lipinski definition) is 0. The van der Waals surface area contributed by atoms with Gasteiger partial charge in [0, 0.05) is 16.6 Å². The van der Waals surface area contributed by atoms with E-state index in [2.05, 4.69) is 4.98 Å². The van der Waals surface area contributed by atoms with Crippen LogP contribution in [0.4, 0.5) is 14.9 Å². The fourth-order valence-corrected chi connectivity index (χ4v) is 3.99. The number of thiazole rings is 1. The van der Waals surface area contributed by atoms with Crippen LogP contribution in [0.2, 0.25) is 0 Å². The second kappa shape index (κ2) is 7.16. The standard InChI is InChI=1S/C21H18FN3O2S/c1-13-3-9-18(10-4-13)25-14(2)20(26)24(21(25)27)11-17-12-28-19(23-17)15-5-7-16(22)8-6-15/h3-10,12,14H,11H2,1-2H3. The number of benzene rings is 2. The largest absolute Gasteiger partial charge is 0.332 e. The Balaban J connectivity index is 1.55. The lowest BCUT2D eigenvalue weighted by Crippen LogP contribution is -2.33. The molecular weight excluding hydrogens is 377 g/mol. The van der Waals surface area contributed by atoms with Crippen LogP contribution in [0.1, 0.15) is 18.2 Å². The molecule has 0 aliphatic carbocycles. The Morgan fingerprint density at radius 2 is 1.75 bits per heavy atom. The van der Waals surface area contributed by atoms with Gasteiger partial charge in [0.25, 0.3) is 5.91 Å². The molecule has 4 rings (SSSR count). The number of anilines is 1. The first-order chi connectivity index (χ1) is 13.4. The molecule has 2 aromatic carbocycles. The minimum Gasteiger partial charge on any atom is -0.282 e. The molecule has 0 N–H and O–H groups in total. The monoisotopic (exact) mass is 395 g/mol. The first-order valence-corrected chi connectivity index (χ1v) is 9.73. The van der Waals surface area contributed by atoms with Crippen molar-refractivity contribution in [3.8, 4) is 10.6 Å². The topological polar surface area (TPSA) is 53.5 Å². The Morgan fingerprint density at radius 3 is 2.43 bits per heavy atom. The average Bonchev–Trinajstić information content (AvgIpc) is 3.23. The molecule has 0 saturated carbocycles. The number of carbonyl (C=O) groups is 2. The smallest absolute Gasteiger partial charge is 0.282 e. The van der Waals surface area contributed by atoms with Gasteiger partial charge >= 0.3 is 6.03 Å². The minimum absolute atomic E-state index is 0.113. The second-order valence-electron chi connectivity index (χ2n) is 6.74. The Labute approximate surface area is 166 Å². The third kappa shape index (κ3) is 3.29. The summed E-state index contributed by atoms with van der Waals surface area (Å²) in [5.41, 5.74) is 3.21. The summed E-state index contributed by atoms with van der Waals surface area (Å²) in [7, 11) is 0. The van der Waals surface area contributed by atoms with Crippen molar-refractivity contribution < 1.29 is 14.0 Å². The van der Waals surface area contributed by atoms with Gasteiger partial charge in [-0.2, -0.15) is 0 Å². The molecule has 1 aliphatic heterocycles. The highest BCUT2D eigenvalue weighted by molar-refractivity contribution is 7.13. The van der Waals surface area contributed by atoms with Crippen molar-refractivity contribution in [3.63, 3.8) is 0 Å². The first kappa shape index (κ1) is 18.3. The van der Waals surface area contributed by atoms with E-state index >= 15 is 0 Å². The van der Waals surface area contributed by atoms with E-state index in [1.165, 1.54) is 33.3 Å². The molecule has 3 amide bonds. The Bertz CT molecular complexity index is 1030. The van der Waals surface area contributed by atoms with Crippen molar-refractivity contribution in [2.24, 2.45) is 0 Å². The number of aromatic nitrogens is 1. The number of rotatable bonds is 4. The quantitative estimate of drug-likeness (QED) is 0.606. The molecule has 1 aromatic heterocycles. The van der Waals surface area contributed by atoms with E-state index in [4.69, 9.17) is 0 Å². The van der Waals surface area contributed by atoms with Gasteiger partial charge in [-0.3, -0.25) is 14.6 Å². The number of hydrogen-bond acceptors (Lipinski definition) is 4. The molecule has 1 fully saturated rings. The fraction of sp³-hybridized carbons (Fsp3) is 0.190. The molecule has 7 heteroatoms. The van der Waals surface area contributed by atoms with Crippen LogP contribution in [0.25, 0.3) is 10.6 Å². The van der Waals surface area contributed by atoms with E-state index in [9.17, 15) is 14.0 Å². The molecule has 2 heterocycles. The summed E-state index contributed by atoms with van der Waals surface area (Å²) < 4.78 is 13.1. The zero-order chi connectivity index (χ0) is 19.8. The molecule has 28 heavy (non-hydrogen) atoms. The Hall–Kier alpha value is -3.06. The molecule has 0 bridgehead atoms. The maximum absolute atomic E-state index is 13.1. The van der Waals surface area contributed by atoms with Crippen molar-refractivity contribution in [2.45, 2.75) is 26.4 Å². The number of urea groups is 1. The van der Waals surface area contributed by atoms with Crippen LogP contribution in [0.15, 0.2) is 53.9 Å². The summed E-state index contributed by atoms with van der Waals surface area (Å²) >= 11 is 1.40. The first-order valence-electron chi connectivity index (χ1n) is 8.85. The van der Waals surface area contributed by atoms with Gasteiger partial charge in [0.15, 0.2) is 0 Å². The Kier molecular flexibility index (Phi) is 4.68. The van der Waals surface area contributed by atoms with Crippen molar-refractivity contribution in [1.29, 1.82) is 0 Å². The van der Waals surface area contributed by atoms with E-state index in [1.807, 2.05) is 36.6 Å². The maximum Gasteiger partial charge on any atom is 0.332 e. The highest BCUT2D eigenvalue weighted by atomic mass is 32.1. The molecule has 142 valence electrons. The number of amides is 3. The van der Waals surface area contributed by atoms with Gasteiger partial charge in [0.05, 0.1) is 12.2 Å². The summed E-state index contributed by atoms with van der Waals surface area (Å²) in [4.78, 5) is 32.8. The molecular formula is C21H18FN3O2S. The SMILES string of the molecule is Cc1ccc(N2C(=O)N(Cc3csc(-c4ccc(F)cc4)n3)C(=O)C2C)cc1. The predicted molar refractivity (Wildman–Crippen MR) is 107 cm³/mol. The lowest BCUT2D eigenvalue weighted by molar-refractivity contribution is -0.127. The predicted octanol–water partition coefficient (Wildman–Crippen LogP) is 4.61. The molecule has 1 saturated heterocycles. The summed E-state index contributed by atoms with van der Waals surface area (Å²) in [5, 5.41) is 2.54. The maximum atomic E-state index is 13.1. The number of imide groups is 1. The lowest BCUT2D eigenvalue weighted by atomic mass is 10.2. The normalized spacial score (nSPS) is 16.9. The van der Waals surface area contributed by atoms with Crippen LogP contribution < -0.4 is 4.90 Å². The molecule has 0 radical (unpaired) electrons. The molecule has 1 atom stereocenters. The van der Waals surface area contributed by atoms with Crippen molar-refractivity contribution >= 4 is 29.0 Å². The van der Waals surface area contributed by atoms with Gasteiger partial charge in [-0.05, 0) is 50.2 Å². The highest BCUT2D eigenvalue weighted by Crippen LogP contribution is 2.29. The van der Waals surface area contributed by atoms with Gasteiger partial charge < -0.3 is 0 Å². The van der Waals surface area contributed by atoms with Crippen molar-refractivity contribution in [2.75, 3.05) is 4.90 Å². The van der Waals surface area contributed by atoms with Crippen LogP contribution in [-0.4, -0.2) is 27.9 Å². The van der Waals surface area contributed by atoms with Crippen LogP contribution in [0.5, 0.6) is 0 Å². The zero-order valence-corrected chi connectivity index (χ0v) is 16.2. The van der Waals surface area contributed by atoms with E-state index in [0.717, 1.165) is 16.1 Å². The molecule has 3 aromatic rings. The van der Waals surface area contributed by atoms with Crippen LogP contribution in [-0.2, 0) is 11.3 Å². The highest BCUT2D eigenvalue weighted by Gasteiger charge is 2.43. The Morgan fingerprint density at radius 1 is 1.07 bits per heavy atom. The van der Waals surface area contributed by atoms with Gasteiger partial charge in [-0.15, -0.1) is 11.3 Å². The number of carbonyl (C=O) groups excluding carboxylic acids is 2. The minimum atomic E-state index is -0.564. The third-order valence-electron chi connectivity index (χ3n) is 4.72. The average molecular weight is 395 g/mol. The fourth-order valence-electron chi connectivity index (χ4n) is 3.18. The van der Waals surface area contributed by atoms with Gasteiger partial charge in [-0.25, -0.2) is 14.2 Å². The molecule has 5 nitrogen and oxygen atoms in total. The number of nitrogens with zero attached hydrogens (tertiary/aromatic N) is 3. The zero-order valence-electron chi connectivity index (χ0n) is 15.4. The van der Waals surface area contributed by atoms with E-state index in [-0.39, 0.29) is 24.3 Å². The van der Waals surface area contributed by atoms with Crippen LogP contribution >= 0.6 is 11.3 Å². The van der Waals surface area contributed by atoms with Crippen molar-refractivity contribution in [1.82, 2.24) is 9.88 Å². The summed E-state index contributed by atoms with van der Waals surface area (Å²) in [6, 6.07) is 12.7. The van der Waals surface area contributed by atoms with Crippen molar-refractivity contribution in [3.05, 3.63) is 71.0 Å². The van der Waals surface area contributed by atoms with Crippen LogP contribution in [0, 0.1) is 12.7 Å². The van der Waals surface area contributed by atoms with Crippen LogP contribution in [0.3, 0.4) is 0 Å². The molecule has 1 unspecified atom stereocenters. The number of aryl methyl sites for hydroxylation is 1. The summed E-state index contributed by atoms with van der Waals surface area (Å²) in [6.45, 7) is 3.81. The number of halogens is 1. The van der Waals surface area contributed by atoms with Gasteiger partial charge in [0.1, 0.15) is 16.9 Å². The van der Waals surface area contributed by atoms with E-state index < -0.39 is 6.04 Å². The summed E-state index contributed by atoms with van der Waals surface area (Å²) in [6.07, 6.45) is 0.